The molecule has 1 aliphatic carbocycles. The maximum atomic E-state index is 13.7. The van der Waals surface area contributed by atoms with Gasteiger partial charge in [0.15, 0.2) is 0 Å². The molecule has 0 atom stereocenters. The Balaban J connectivity index is 1.66. The number of halogens is 3. The number of nitrogens with zero attached hydrogens (tertiary/aromatic N) is 2. The fourth-order valence-corrected chi connectivity index (χ4v) is 5.83. The highest BCUT2D eigenvalue weighted by atomic mass is 79.9. The Kier molecular flexibility index (Phi) is 4.66. The summed E-state index contributed by atoms with van der Waals surface area (Å²) in [7, 11) is 0. The molecule has 3 nitrogen and oxygen atoms in total. The fourth-order valence-electron chi connectivity index (χ4n) is 5.37. The number of fused-ring (bicyclic) bond motifs is 1. The van der Waals surface area contributed by atoms with E-state index in [1.54, 1.807) is 13.8 Å². The van der Waals surface area contributed by atoms with Gasteiger partial charge in [0.05, 0.1) is 5.41 Å². The van der Waals surface area contributed by atoms with Gasteiger partial charge in [0, 0.05) is 27.3 Å². The lowest BCUT2D eigenvalue weighted by atomic mass is 9.71. The van der Waals surface area contributed by atoms with Gasteiger partial charge in [0.25, 0.3) is 6.43 Å². The molecule has 3 aliphatic rings. The molecule has 1 amide bonds. The number of piperidine rings is 1. The Bertz CT molecular complexity index is 768. The largest absolute Gasteiger partial charge is 0.308 e. The Morgan fingerprint density at radius 2 is 1.74 bits per heavy atom. The van der Waals surface area contributed by atoms with Crippen LogP contribution in [-0.2, 0) is 10.2 Å². The summed E-state index contributed by atoms with van der Waals surface area (Å²) in [5, 5.41) is 0. The highest BCUT2D eigenvalue weighted by Gasteiger charge is 2.55. The summed E-state index contributed by atoms with van der Waals surface area (Å²) in [6.07, 6.45) is 3.00. The first-order chi connectivity index (χ1) is 12.6. The number of amides is 1. The summed E-state index contributed by atoms with van der Waals surface area (Å²) in [6.45, 7) is 8.08. The lowest BCUT2D eigenvalue weighted by Gasteiger charge is -2.55. The predicted octanol–water partition coefficient (Wildman–Crippen LogP) is 5.42. The van der Waals surface area contributed by atoms with Crippen molar-refractivity contribution in [3.05, 3.63) is 27.7 Å². The number of carbonyl (C=O) groups excluding carboxylic acids is 1. The molecule has 2 heterocycles. The Morgan fingerprint density at radius 1 is 1.11 bits per heavy atom. The van der Waals surface area contributed by atoms with E-state index in [2.05, 4.69) is 27.8 Å². The third-order valence-corrected chi connectivity index (χ3v) is 7.28. The van der Waals surface area contributed by atoms with E-state index in [4.69, 9.17) is 0 Å². The first kappa shape index (κ1) is 19.3. The van der Waals surface area contributed by atoms with E-state index in [1.165, 1.54) is 25.3 Å². The van der Waals surface area contributed by atoms with Crippen molar-refractivity contribution in [1.82, 2.24) is 4.90 Å². The van der Waals surface area contributed by atoms with Gasteiger partial charge in [-0.1, -0.05) is 22.4 Å². The normalized spacial score (nSPS) is 30.6. The van der Waals surface area contributed by atoms with Crippen molar-refractivity contribution in [3.63, 3.8) is 0 Å². The van der Waals surface area contributed by atoms with E-state index < -0.39 is 11.8 Å². The van der Waals surface area contributed by atoms with Gasteiger partial charge in [-0.3, -0.25) is 9.69 Å². The van der Waals surface area contributed by atoms with Crippen molar-refractivity contribution < 1.29 is 13.6 Å². The molecular weight excluding hydrogens is 414 g/mol. The quantitative estimate of drug-likeness (QED) is 0.626. The van der Waals surface area contributed by atoms with Gasteiger partial charge in [-0.15, -0.1) is 0 Å². The van der Waals surface area contributed by atoms with Crippen LogP contribution in [0.15, 0.2) is 16.6 Å². The lowest BCUT2D eigenvalue weighted by Crippen LogP contribution is -2.64. The minimum atomic E-state index is -2.59. The van der Waals surface area contributed by atoms with Crippen LogP contribution in [0.5, 0.6) is 0 Å². The van der Waals surface area contributed by atoms with Crippen molar-refractivity contribution in [3.8, 4) is 0 Å². The number of rotatable bonds is 3. The second kappa shape index (κ2) is 6.51. The third-order valence-electron chi connectivity index (χ3n) is 6.82. The van der Waals surface area contributed by atoms with E-state index in [0.29, 0.717) is 15.7 Å². The van der Waals surface area contributed by atoms with E-state index in [1.807, 2.05) is 11.0 Å². The van der Waals surface area contributed by atoms with Crippen LogP contribution in [0.25, 0.3) is 0 Å². The molecule has 1 saturated heterocycles. The highest BCUT2D eigenvalue weighted by molar-refractivity contribution is 9.10. The summed E-state index contributed by atoms with van der Waals surface area (Å²) in [5.74, 6) is -0.0526. The predicted molar refractivity (Wildman–Crippen MR) is 106 cm³/mol. The van der Waals surface area contributed by atoms with Crippen LogP contribution < -0.4 is 4.90 Å². The van der Waals surface area contributed by atoms with Crippen molar-refractivity contribution in [2.75, 3.05) is 18.0 Å². The van der Waals surface area contributed by atoms with Gasteiger partial charge in [-0.2, -0.15) is 0 Å². The fraction of sp³-hybridized carbons (Fsp3) is 0.667. The van der Waals surface area contributed by atoms with Gasteiger partial charge in [-0.05, 0) is 77.2 Å². The van der Waals surface area contributed by atoms with Gasteiger partial charge in [0.2, 0.25) is 5.91 Å². The molecule has 6 heteroatoms. The minimum Gasteiger partial charge on any atom is -0.308 e. The third kappa shape index (κ3) is 2.94. The minimum absolute atomic E-state index is 0.0293. The highest BCUT2D eigenvalue weighted by Crippen LogP contribution is 2.52. The number of anilines is 1. The van der Waals surface area contributed by atoms with E-state index in [0.717, 1.165) is 25.9 Å². The summed E-state index contributed by atoms with van der Waals surface area (Å²) in [6, 6.07) is 3.38. The van der Waals surface area contributed by atoms with Crippen LogP contribution in [-0.4, -0.2) is 35.5 Å². The van der Waals surface area contributed by atoms with Crippen molar-refractivity contribution in [1.29, 1.82) is 0 Å². The van der Waals surface area contributed by atoms with Crippen LogP contribution in [0.1, 0.15) is 70.4 Å². The van der Waals surface area contributed by atoms with Crippen molar-refractivity contribution >= 4 is 27.5 Å². The molecular formula is C21H27BrF2N2O. The molecule has 2 fully saturated rings. The molecule has 2 aliphatic heterocycles. The molecule has 0 radical (unpaired) electrons. The summed E-state index contributed by atoms with van der Waals surface area (Å²) >= 11 is 3.36. The standard InChI is InChI=1S/C21H27BrF2N2O/c1-20(2)17-15(18(23)24)9-13(22)10-16(17)26(19(20)27)14-11-21(3,12-14)25-7-5-4-6-8-25/h9-10,14,18H,4-8,11-12H2,1-3H3. The van der Waals surface area contributed by atoms with Gasteiger partial charge >= 0.3 is 0 Å². The van der Waals surface area contributed by atoms with E-state index >= 15 is 0 Å². The topological polar surface area (TPSA) is 23.6 Å². The molecule has 0 aromatic heterocycles. The number of likely N-dealkylation sites (tertiary alicyclic amines) is 1. The van der Waals surface area contributed by atoms with Crippen LogP contribution in [0.3, 0.4) is 0 Å². The van der Waals surface area contributed by atoms with Gasteiger partial charge < -0.3 is 4.90 Å². The molecule has 1 aromatic rings. The summed E-state index contributed by atoms with van der Waals surface area (Å²) < 4.78 is 28.0. The summed E-state index contributed by atoms with van der Waals surface area (Å²) in [4.78, 5) is 17.6. The zero-order chi connectivity index (χ0) is 19.6. The smallest absolute Gasteiger partial charge is 0.264 e. The number of alkyl halides is 2. The molecule has 27 heavy (non-hydrogen) atoms. The lowest BCUT2D eigenvalue weighted by molar-refractivity contribution is -0.123. The zero-order valence-corrected chi connectivity index (χ0v) is 17.8. The van der Waals surface area contributed by atoms with Crippen LogP contribution in [0, 0.1) is 0 Å². The Morgan fingerprint density at radius 3 is 2.33 bits per heavy atom. The Labute approximate surface area is 168 Å². The van der Waals surface area contributed by atoms with Crippen LogP contribution in [0.2, 0.25) is 0 Å². The van der Waals surface area contributed by atoms with E-state index in [-0.39, 0.29) is 23.1 Å². The van der Waals surface area contributed by atoms with Gasteiger partial charge in [-0.25, -0.2) is 8.78 Å². The monoisotopic (exact) mass is 440 g/mol. The number of benzene rings is 1. The molecule has 0 N–H and O–H groups in total. The number of hydrogen-bond donors (Lipinski definition) is 0. The number of hydrogen-bond acceptors (Lipinski definition) is 2. The Hall–Kier alpha value is -1.01. The average molecular weight is 441 g/mol. The molecule has 1 saturated carbocycles. The maximum Gasteiger partial charge on any atom is 0.264 e. The molecule has 0 spiro atoms. The summed E-state index contributed by atoms with van der Waals surface area (Å²) in [5.41, 5.74) is 0.338. The molecule has 1 aromatic carbocycles. The van der Waals surface area contributed by atoms with Crippen molar-refractivity contribution in [2.45, 2.75) is 76.3 Å². The zero-order valence-electron chi connectivity index (χ0n) is 16.2. The molecule has 148 valence electrons. The van der Waals surface area contributed by atoms with Crippen molar-refractivity contribution in [2.24, 2.45) is 0 Å². The maximum absolute atomic E-state index is 13.7. The van der Waals surface area contributed by atoms with Crippen LogP contribution >= 0.6 is 15.9 Å². The first-order valence-corrected chi connectivity index (χ1v) is 10.7. The molecule has 0 bridgehead atoms. The average Bonchev–Trinajstić information content (AvgIpc) is 2.78. The van der Waals surface area contributed by atoms with Crippen LogP contribution in [0.4, 0.5) is 14.5 Å². The second-order valence-electron chi connectivity index (χ2n) is 9.10. The first-order valence-electron chi connectivity index (χ1n) is 9.86. The number of carbonyl (C=O) groups is 1. The SMILES string of the molecule is CC1(C)C(=O)N(C2CC(C)(N3CCCCC3)C2)c2cc(Br)cc(C(F)F)c21. The van der Waals surface area contributed by atoms with Gasteiger partial charge in [0.1, 0.15) is 0 Å². The molecule has 0 unspecified atom stereocenters. The van der Waals surface area contributed by atoms with E-state index in [9.17, 15) is 13.6 Å². The second-order valence-corrected chi connectivity index (χ2v) is 10.0. The molecule has 4 rings (SSSR count).